The zero-order chi connectivity index (χ0) is 35.7. The Morgan fingerprint density at radius 3 is 2.37 bits per heavy atom. The van der Waals surface area contributed by atoms with E-state index in [2.05, 4.69) is 45.2 Å². The number of amides is 3. The molecule has 0 radical (unpaired) electrons. The van der Waals surface area contributed by atoms with Crippen LogP contribution in [0.3, 0.4) is 0 Å². The number of benzene rings is 5. The lowest BCUT2D eigenvalue weighted by Gasteiger charge is -2.14. The van der Waals surface area contributed by atoms with Crippen molar-refractivity contribution in [1.82, 2.24) is 10.3 Å². The van der Waals surface area contributed by atoms with Gasteiger partial charge in [-0.3, -0.25) is 14.4 Å². The second-order valence-electron chi connectivity index (χ2n) is 11.3. The van der Waals surface area contributed by atoms with E-state index < -0.39 is 17.1 Å². The number of hydrogen-bond acceptors (Lipinski definition) is 8. The summed E-state index contributed by atoms with van der Waals surface area (Å²) in [5.41, 5.74) is 3.17. The molecule has 9 nitrogen and oxygen atoms in total. The molecule has 3 N–H and O–H groups in total. The predicted molar refractivity (Wildman–Crippen MR) is 206 cm³/mol. The number of carbonyl (C=O) groups excluding carboxylic acids is 3. The third-order valence-electron chi connectivity index (χ3n) is 7.82. The number of thiazole rings is 1. The maximum atomic E-state index is 13.7. The van der Waals surface area contributed by atoms with Gasteiger partial charge in [0.15, 0.2) is 5.13 Å². The number of nitrogens with zero attached hydrogens (tertiary/aromatic N) is 1. The van der Waals surface area contributed by atoms with Crippen molar-refractivity contribution in [2.75, 3.05) is 24.9 Å². The molecule has 1 aromatic heterocycles. The van der Waals surface area contributed by atoms with Gasteiger partial charge in [0, 0.05) is 32.7 Å². The van der Waals surface area contributed by atoms with Gasteiger partial charge in [-0.05, 0) is 78.4 Å². The van der Waals surface area contributed by atoms with E-state index >= 15 is 0 Å². The maximum absolute atomic E-state index is 13.7. The zero-order valence-corrected chi connectivity index (χ0v) is 29.6. The summed E-state index contributed by atoms with van der Waals surface area (Å²) in [6.07, 6.45) is 1.53. The molecular formula is C40H34N4O5S2. The summed E-state index contributed by atoms with van der Waals surface area (Å²) in [5, 5.41) is 12.8. The van der Waals surface area contributed by atoms with Gasteiger partial charge >= 0.3 is 0 Å². The molecule has 3 amide bonds. The van der Waals surface area contributed by atoms with E-state index in [1.807, 2.05) is 36.6 Å². The highest BCUT2D eigenvalue weighted by atomic mass is 32.2. The van der Waals surface area contributed by atoms with Gasteiger partial charge in [0.2, 0.25) is 5.91 Å². The molecule has 256 valence electrons. The number of nitrogens with one attached hydrogen (secondary N) is 3. The Kier molecular flexibility index (Phi) is 11.1. The average Bonchev–Trinajstić information content (AvgIpc) is 3.63. The molecule has 6 aromatic rings. The van der Waals surface area contributed by atoms with Gasteiger partial charge in [0.1, 0.15) is 17.2 Å². The Balaban J connectivity index is 1.14. The van der Waals surface area contributed by atoms with Crippen molar-refractivity contribution in [2.45, 2.75) is 17.1 Å². The summed E-state index contributed by atoms with van der Waals surface area (Å²) in [6, 6.07) is 35.3. The van der Waals surface area contributed by atoms with Crippen LogP contribution in [0.4, 0.5) is 10.8 Å². The first-order valence-electron chi connectivity index (χ1n) is 15.9. The molecular weight excluding hydrogens is 681 g/mol. The van der Waals surface area contributed by atoms with E-state index in [0.29, 0.717) is 33.4 Å². The van der Waals surface area contributed by atoms with Crippen molar-refractivity contribution in [3.8, 4) is 22.8 Å². The first-order chi connectivity index (χ1) is 24.8. The second-order valence-corrected chi connectivity index (χ2v) is 13.6. The summed E-state index contributed by atoms with van der Waals surface area (Å²) < 4.78 is 10.9. The predicted octanol–water partition coefficient (Wildman–Crippen LogP) is 8.51. The van der Waals surface area contributed by atoms with E-state index in [4.69, 9.17) is 9.47 Å². The van der Waals surface area contributed by atoms with Gasteiger partial charge in [-0.15, -0.1) is 23.1 Å². The van der Waals surface area contributed by atoms with Gasteiger partial charge in [0.25, 0.3) is 11.8 Å². The van der Waals surface area contributed by atoms with Crippen LogP contribution in [0.25, 0.3) is 28.1 Å². The molecule has 0 fully saturated rings. The monoisotopic (exact) mass is 714 g/mol. The first-order valence-corrected chi connectivity index (χ1v) is 17.7. The molecule has 6 rings (SSSR count). The molecule has 51 heavy (non-hydrogen) atoms. The van der Waals surface area contributed by atoms with Gasteiger partial charge in [-0.25, -0.2) is 4.98 Å². The third kappa shape index (κ3) is 8.82. The van der Waals surface area contributed by atoms with Crippen molar-refractivity contribution in [3.63, 3.8) is 0 Å². The van der Waals surface area contributed by atoms with E-state index in [0.717, 1.165) is 26.9 Å². The van der Waals surface area contributed by atoms with Crippen LogP contribution in [0.5, 0.6) is 11.5 Å². The Labute approximate surface area is 303 Å². The second kappa shape index (κ2) is 16.2. The number of anilines is 2. The van der Waals surface area contributed by atoms with Crippen molar-refractivity contribution in [2.24, 2.45) is 0 Å². The first kappa shape index (κ1) is 34.9. The summed E-state index contributed by atoms with van der Waals surface area (Å²) in [7, 11) is 3.06. The molecule has 0 aliphatic carbocycles. The number of hydrogen-bond donors (Lipinski definition) is 3. The van der Waals surface area contributed by atoms with E-state index in [1.54, 1.807) is 66.7 Å². The lowest BCUT2D eigenvalue weighted by molar-refractivity contribution is -0.115. The zero-order valence-electron chi connectivity index (χ0n) is 28.0. The third-order valence-corrected chi connectivity index (χ3v) is 9.67. The summed E-state index contributed by atoms with van der Waals surface area (Å²) in [6.45, 7) is 1.81. The topological polar surface area (TPSA) is 119 Å². The van der Waals surface area contributed by atoms with E-state index in [9.17, 15) is 14.4 Å². The van der Waals surface area contributed by atoms with Crippen LogP contribution in [0.1, 0.15) is 22.8 Å². The molecule has 5 aromatic carbocycles. The number of ether oxygens (including phenoxy) is 2. The number of aromatic nitrogens is 1. The summed E-state index contributed by atoms with van der Waals surface area (Å²) in [4.78, 5) is 45.4. The van der Waals surface area contributed by atoms with Crippen molar-refractivity contribution < 1.29 is 23.9 Å². The van der Waals surface area contributed by atoms with Crippen molar-refractivity contribution in [1.29, 1.82) is 0 Å². The van der Waals surface area contributed by atoms with Gasteiger partial charge < -0.3 is 25.4 Å². The quantitative estimate of drug-likeness (QED) is 0.0859. The van der Waals surface area contributed by atoms with E-state index in [-0.39, 0.29) is 11.6 Å². The molecule has 0 saturated carbocycles. The van der Waals surface area contributed by atoms with Gasteiger partial charge in [-0.1, -0.05) is 60.7 Å². The van der Waals surface area contributed by atoms with Crippen LogP contribution in [-0.4, -0.2) is 42.2 Å². The van der Waals surface area contributed by atoms with Crippen LogP contribution < -0.4 is 25.4 Å². The normalized spacial score (nSPS) is 11.8. The molecule has 0 saturated heterocycles. The Morgan fingerprint density at radius 1 is 0.804 bits per heavy atom. The Bertz CT molecular complexity index is 2240. The minimum atomic E-state index is -0.553. The van der Waals surface area contributed by atoms with E-state index in [1.165, 1.54) is 43.4 Å². The standard InChI is InChI=1S/C40H34N4O5S2/c1-25(37(45)44-40-43-35(24-50-40)29-17-16-26-10-7-8-13-28(26)20-29)51-33-15-9-14-31(23-33)41-39(47)34(42-38(46)27-11-5-4-6-12-27)22-30-21-32(48-2)18-19-36(30)49-3/h4-25H,1-3H3,(H,41,47)(H,42,46)(H,43,44,45)/b34-22+. The molecule has 1 heterocycles. The molecule has 0 bridgehead atoms. The lowest BCUT2D eigenvalue weighted by Crippen LogP contribution is -2.30. The van der Waals surface area contributed by atoms with Gasteiger partial charge in [-0.2, -0.15) is 0 Å². The van der Waals surface area contributed by atoms with Crippen LogP contribution in [0.2, 0.25) is 0 Å². The summed E-state index contributed by atoms with van der Waals surface area (Å²) in [5.74, 6) is -0.159. The Hall–Kier alpha value is -5.91. The van der Waals surface area contributed by atoms with Gasteiger partial charge in [0.05, 0.1) is 25.2 Å². The van der Waals surface area contributed by atoms with Crippen LogP contribution in [0, 0.1) is 0 Å². The largest absolute Gasteiger partial charge is 0.497 e. The number of fused-ring (bicyclic) bond motifs is 1. The molecule has 1 atom stereocenters. The minimum absolute atomic E-state index is 0.00675. The molecule has 0 aliphatic rings. The highest BCUT2D eigenvalue weighted by molar-refractivity contribution is 8.00. The Morgan fingerprint density at radius 2 is 1.59 bits per heavy atom. The highest BCUT2D eigenvalue weighted by Gasteiger charge is 2.19. The molecule has 0 aliphatic heterocycles. The minimum Gasteiger partial charge on any atom is -0.497 e. The van der Waals surface area contributed by atoms with Crippen LogP contribution in [-0.2, 0) is 9.59 Å². The van der Waals surface area contributed by atoms with Crippen LogP contribution >= 0.6 is 23.1 Å². The number of methoxy groups -OCH3 is 2. The van der Waals surface area contributed by atoms with Crippen LogP contribution in [0.15, 0.2) is 131 Å². The maximum Gasteiger partial charge on any atom is 0.272 e. The number of thioether (sulfide) groups is 1. The fourth-order valence-corrected chi connectivity index (χ4v) is 6.82. The van der Waals surface area contributed by atoms with Crippen molar-refractivity contribution in [3.05, 3.63) is 137 Å². The SMILES string of the molecule is COc1ccc(OC)c(/C=C(/NC(=O)c2ccccc2)C(=O)Nc2cccc(SC(C)C(=O)Nc3nc(-c4ccc5ccccc5c4)cs3)c2)c1. The molecule has 0 spiro atoms. The lowest BCUT2D eigenvalue weighted by atomic mass is 10.1. The number of carbonyl (C=O) groups is 3. The highest BCUT2D eigenvalue weighted by Crippen LogP contribution is 2.31. The smallest absolute Gasteiger partial charge is 0.272 e. The number of rotatable bonds is 12. The van der Waals surface area contributed by atoms with Crippen molar-refractivity contribution >= 4 is 68.5 Å². The fraction of sp³-hybridized carbons (Fsp3) is 0.100. The fourth-order valence-electron chi connectivity index (χ4n) is 5.17. The molecule has 11 heteroatoms. The summed E-state index contributed by atoms with van der Waals surface area (Å²) >= 11 is 2.71. The molecule has 1 unspecified atom stereocenters. The average molecular weight is 715 g/mol.